The molecule has 2 fully saturated rings. The summed E-state index contributed by atoms with van der Waals surface area (Å²) in [6.45, 7) is 5.88. The average Bonchev–Trinajstić information content (AvgIpc) is 2.70. The highest BCUT2D eigenvalue weighted by Gasteiger charge is 2.58. The summed E-state index contributed by atoms with van der Waals surface area (Å²) in [7, 11) is 0. The number of carbonyl (C=O) groups excluding carboxylic acids is 2. The topological polar surface area (TPSA) is 55.8 Å². The molecule has 0 aromatic heterocycles. The third kappa shape index (κ3) is 2.36. The SMILES string of the molecule is CC(C)(C)OC(=O)N1CC2(CI)C[C@@H]1C(=O)O2. The van der Waals surface area contributed by atoms with Crippen molar-refractivity contribution in [2.24, 2.45) is 0 Å². The Bertz CT molecular complexity index is 365. The van der Waals surface area contributed by atoms with Crippen LogP contribution in [-0.4, -0.2) is 45.2 Å². The van der Waals surface area contributed by atoms with Gasteiger partial charge < -0.3 is 9.47 Å². The summed E-state index contributed by atoms with van der Waals surface area (Å²) in [6.07, 6.45) is 0.166. The van der Waals surface area contributed by atoms with Gasteiger partial charge in [0.05, 0.1) is 6.54 Å². The number of morpholine rings is 1. The van der Waals surface area contributed by atoms with Crippen molar-refractivity contribution in [1.82, 2.24) is 4.90 Å². The van der Waals surface area contributed by atoms with Gasteiger partial charge in [0.15, 0.2) is 0 Å². The second kappa shape index (κ2) is 4.00. The first-order valence-electron chi connectivity index (χ1n) is 5.55. The van der Waals surface area contributed by atoms with E-state index < -0.39 is 23.3 Å². The summed E-state index contributed by atoms with van der Waals surface area (Å²) >= 11 is 2.18. The highest BCUT2D eigenvalue weighted by atomic mass is 127. The van der Waals surface area contributed by atoms with Gasteiger partial charge in [-0.1, -0.05) is 22.6 Å². The van der Waals surface area contributed by atoms with Gasteiger partial charge in [-0.3, -0.25) is 4.90 Å². The number of hydrogen-bond donors (Lipinski definition) is 0. The van der Waals surface area contributed by atoms with E-state index in [1.54, 1.807) is 0 Å². The first-order valence-corrected chi connectivity index (χ1v) is 7.07. The molecule has 0 radical (unpaired) electrons. The van der Waals surface area contributed by atoms with Crippen molar-refractivity contribution in [2.75, 3.05) is 11.0 Å². The predicted molar refractivity (Wildman–Crippen MR) is 69.1 cm³/mol. The van der Waals surface area contributed by atoms with E-state index in [0.29, 0.717) is 17.4 Å². The molecule has 0 spiro atoms. The third-order valence-electron chi connectivity index (χ3n) is 2.86. The fourth-order valence-corrected chi connectivity index (χ4v) is 2.86. The molecule has 2 atom stereocenters. The summed E-state index contributed by atoms with van der Waals surface area (Å²) in [5, 5.41) is 0. The lowest BCUT2D eigenvalue weighted by Crippen LogP contribution is -2.50. The van der Waals surface area contributed by atoms with E-state index >= 15 is 0 Å². The van der Waals surface area contributed by atoms with E-state index in [1.165, 1.54) is 4.90 Å². The summed E-state index contributed by atoms with van der Waals surface area (Å²) in [6, 6.07) is -0.459. The number of likely N-dealkylation sites (tertiary alicyclic amines) is 1. The minimum atomic E-state index is -0.541. The Balaban J connectivity index is 2.10. The molecular weight excluding hydrogens is 337 g/mol. The monoisotopic (exact) mass is 353 g/mol. The molecule has 2 rings (SSSR count). The van der Waals surface area contributed by atoms with Crippen LogP contribution in [0.3, 0.4) is 0 Å². The number of nitrogens with zero attached hydrogens (tertiary/aromatic N) is 1. The number of amides is 1. The van der Waals surface area contributed by atoms with Gasteiger partial charge in [-0.25, -0.2) is 9.59 Å². The van der Waals surface area contributed by atoms with Crippen molar-refractivity contribution >= 4 is 34.7 Å². The van der Waals surface area contributed by atoms with E-state index in [2.05, 4.69) is 22.6 Å². The van der Waals surface area contributed by atoms with E-state index in [9.17, 15) is 9.59 Å². The van der Waals surface area contributed by atoms with E-state index in [-0.39, 0.29) is 5.97 Å². The first kappa shape index (κ1) is 12.9. The van der Waals surface area contributed by atoms with Crippen LogP contribution >= 0.6 is 22.6 Å². The molecule has 0 aliphatic carbocycles. The number of fused-ring (bicyclic) bond motifs is 2. The Kier molecular flexibility index (Phi) is 3.04. The second-order valence-electron chi connectivity index (χ2n) is 5.57. The maximum Gasteiger partial charge on any atom is 0.411 e. The van der Waals surface area contributed by atoms with Crippen LogP contribution in [0.15, 0.2) is 0 Å². The molecule has 6 heteroatoms. The molecule has 0 saturated carbocycles. The van der Waals surface area contributed by atoms with E-state index in [4.69, 9.17) is 9.47 Å². The largest absolute Gasteiger partial charge is 0.455 e. The highest BCUT2D eigenvalue weighted by Crippen LogP contribution is 2.40. The van der Waals surface area contributed by atoms with Crippen LogP contribution in [0, 0.1) is 0 Å². The standard InChI is InChI=1S/C11H16INO4/c1-10(2,3)17-9(15)13-6-11(5-12)4-7(13)8(14)16-11/h7H,4-6H2,1-3H3/t7-,11?/m1/s1. The summed E-state index contributed by atoms with van der Waals surface area (Å²) < 4.78 is 11.3. The number of ether oxygens (including phenoxy) is 2. The molecule has 5 nitrogen and oxygen atoms in total. The lowest BCUT2D eigenvalue weighted by Gasteiger charge is -2.32. The highest BCUT2D eigenvalue weighted by molar-refractivity contribution is 14.1. The number of halogens is 1. The third-order valence-corrected chi connectivity index (χ3v) is 4.25. The van der Waals surface area contributed by atoms with Crippen LogP contribution in [0.25, 0.3) is 0 Å². The maximum atomic E-state index is 11.9. The molecule has 2 bridgehead atoms. The smallest absolute Gasteiger partial charge is 0.411 e. The molecule has 96 valence electrons. The van der Waals surface area contributed by atoms with Crippen LogP contribution in [-0.2, 0) is 14.3 Å². The van der Waals surface area contributed by atoms with Crippen LogP contribution < -0.4 is 0 Å². The number of rotatable bonds is 1. The normalized spacial score (nSPS) is 31.6. The Labute approximate surface area is 114 Å². The zero-order valence-corrected chi connectivity index (χ0v) is 12.3. The average molecular weight is 353 g/mol. The van der Waals surface area contributed by atoms with Gasteiger partial charge in [-0.15, -0.1) is 0 Å². The van der Waals surface area contributed by atoms with Crippen LogP contribution in [0.2, 0.25) is 0 Å². The minimum Gasteiger partial charge on any atom is -0.455 e. The number of hydrogen-bond acceptors (Lipinski definition) is 4. The molecule has 2 saturated heterocycles. The fraction of sp³-hybridized carbons (Fsp3) is 0.818. The van der Waals surface area contributed by atoms with Gasteiger partial charge in [0.25, 0.3) is 0 Å². The van der Waals surface area contributed by atoms with E-state index in [1.807, 2.05) is 20.8 Å². The van der Waals surface area contributed by atoms with Gasteiger partial charge in [0.2, 0.25) is 0 Å². The second-order valence-corrected chi connectivity index (χ2v) is 6.33. The first-order chi connectivity index (χ1) is 7.76. The van der Waals surface area contributed by atoms with Crippen LogP contribution in [0.4, 0.5) is 4.79 Å². The zero-order valence-electron chi connectivity index (χ0n) is 10.2. The van der Waals surface area contributed by atoms with Crippen molar-refractivity contribution < 1.29 is 19.1 Å². The molecule has 0 N–H and O–H groups in total. The number of carbonyl (C=O) groups is 2. The lowest BCUT2D eigenvalue weighted by molar-refractivity contribution is -0.157. The number of alkyl halides is 1. The molecule has 1 unspecified atom stereocenters. The van der Waals surface area contributed by atoms with Crippen molar-refractivity contribution in [3.8, 4) is 0 Å². The molecule has 17 heavy (non-hydrogen) atoms. The molecule has 2 aliphatic rings. The predicted octanol–water partition coefficient (Wildman–Crippen LogP) is 1.73. The quantitative estimate of drug-likeness (QED) is 0.409. The maximum absolute atomic E-state index is 11.9. The Morgan fingerprint density at radius 2 is 2.29 bits per heavy atom. The van der Waals surface area contributed by atoms with Gasteiger partial charge in [-0.2, -0.15) is 0 Å². The van der Waals surface area contributed by atoms with Crippen LogP contribution in [0.1, 0.15) is 27.2 Å². The molecule has 2 aliphatic heterocycles. The van der Waals surface area contributed by atoms with Gasteiger partial charge >= 0.3 is 12.1 Å². The summed E-state index contributed by atoms with van der Waals surface area (Å²) in [5.74, 6) is -0.307. The fourth-order valence-electron chi connectivity index (χ4n) is 2.15. The number of esters is 1. The summed E-state index contributed by atoms with van der Waals surface area (Å²) in [5.41, 5.74) is -1.03. The van der Waals surface area contributed by atoms with Crippen molar-refractivity contribution in [2.45, 2.75) is 44.4 Å². The minimum absolute atomic E-state index is 0.307. The zero-order chi connectivity index (χ0) is 12.8. The van der Waals surface area contributed by atoms with Gasteiger partial charge in [-0.05, 0) is 20.8 Å². The van der Waals surface area contributed by atoms with Crippen molar-refractivity contribution in [1.29, 1.82) is 0 Å². The molecule has 1 amide bonds. The molecule has 0 aromatic rings. The van der Waals surface area contributed by atoms with Crippen molar-refractivity contribution in [3.63, 3.8) is 0 Å². The Morgan fingerprint density at radius 1 is 1.65 bits per heavy atom. The lowest BCUT2D eigenvalue weighted by atomic mass is 10.1. The van der Waals surface area contributed by atoms with Crippen LogP contribution in [0.5, 0.6) is 0 Å². The van der Waals surface area contributed by atoms with E-state index in [0.717, 1.165) is 0 Å². The van der Waals surface area contributed by atoms with Gasteiger partial charge in [0, 0.05) is 10.8 Å². The molecular formula is C11H16INO4. The Hall–Kier alpha value is -0.530. The summed E-state index contributed by atoms with van der Waals surface area (Å²) in [4.78, 5) is 25.0. The molecule has 2 heterocycles. The van der Waals surface area contributed by atoms with Crippen molar-refractivity contribution in [3.05, 3.63) is 0 Å². The molecule has 0 aromatic carbocycles. The van der Waals surface area contributed by atoms with Gasteiger partial charge in [0.1, 0.15) is 17.2 Å². The Morgan fingerprint density at radius 3 is 2.76 bits per heavy atom.